The number of ether oxygens (including phenoxy) is 1. The van der Waals surface area contributed by atoms with Gasteiger partial charge < -0.3 is 9.64 Å². The van der Waals surface area contributed by atoms with Crippen LogP contribution >= 0.6 is 11.8 Å². The summed E-state index contributed by atoms with van der Waals surface area (Å²) in [6, 6.07) is 2.14. The van der Waals surface area contributed by atoms with E-state index in [0.717, 1.165) is 54.6 Å². The molecule has 4 heterocycles. The summed E-state index contributed by atoms with van der Waals surface area (Å²) in [5.41, 5.74) is 3.17. The minimum atomic E-state index is 0.0363. The SMILES string of the molecule is Cc1cc(N2CCOC3(CCSC3)C2)n2ncc(C)c2n1. The number of hydrogen-bond acceptors (Lipinski definition) is 5. The summed E-state index contributed by atoms with van der Waals surface area (Å²) in [4.78, 5) is 7.04. The monoisotopic (exact) mass is 304 g/mol. The smallest absolute Gasteiger partial charge is 0.160 e. The Morgan fingerprint density at radius 2 is 2.29 bits per heavy atom. The second-order valence-electron chi connectivity index (χ2n) is 6.07. The molecule has 0 N–H and O–H groups in total. The zero-order valence-electron chi connectivity index (χ0n) is 12.5. The van der Waals surface area contributed by atoms with Gasteiger partial charge in [0.2, 0.25) is 0 Å². The molecule has 2 saturated heterocycles. The van der Waals surface area contributed by atoms with Crippen molar-refractivity contribution >= 4 is 23.2 Å². The number of fused-ring (bicyclic) bond motifs is 1. The van der Waals surface area contributed by atoms with E-state index in [1.54, 1.807) is 0 Å². The quantitative estimate of drug-likeness (QED) is 0.807. The number of hydrogen-bond donors (Lipinski definition) is 0. The third-order valence-corrected chi connectivity index (χ3v) is 5.62. The highest BCUT2D eigenvalue weighted by atomic mass is 32.2. The van der Waals surface area contributed by atoms with Crippen LogP contribution in [0.15, 0.2) is 12.3 Å². The largest absolute Gasteiger partial charge is 0.370 e. The number of rotatable bonds is 1. The van der Waals surface area contributed by atoms with Crippen molar-refractivity contribution in [3.05, 3.63) is 23.5 Å². The van der Waals surface area contributed by atoms with Gasteiger partial charge in [0, 0.05) is 36.2 Å². The lowest BCUT2D eigenvalue weighted by atomic mass is 10.0. The molecule has 0 saturated carbocycles. The fourth-order valence-electron chi connectivity index (χ4n) is 3.27. The molecule has 1 spiro atoms. The average Bonchev–Trinajstić information content (AvgIpc) is 3.07. The summed E-state index contributed by atoms with van der Waals surface area (Å²) in [5.74, 6) is 3.46. The van der Waals surface area contributed by atoms with Gasteiger partial charge in [-0.05, 0) is 26.0 Å². The Labute approximate surface area is 128 Å². The van der Waals surface area contributed by atoms with Gasteiger partial charge in [-0.15, -0.1) is 0 Å². The molecule has 0 aromatic carbocycles. The van der Waals surface area contributed by atoms with Gasteiger partial charge in [-0.2, -0.15) is 21.4 Å². The molecule has 2 fully saturated rings. The van der Waals surface area contributed by atoms with Crippen molar-refractivity contribution in [2.75, 3.05) is 36.1 Å². The van der Waals surface area contributed by atoms with Gasteiger partial charge >= 0.3 is 0 Å². The molecule has 1 atom stereocenters. The first-order valence-corrected chi connectivity index (χ1v) is 8.61. The zero-order valence-corrected chi connectivity index (χ0v) is 13.3. The van der Waals surface area contributed by atoms with E-state index in [9.17, 15) is 0 Å². The lowest BCUT2D eigenvalue weighted by Gasteiger charge is -2.41. The molecule has 0 radical (unpaired) electrons. The van der Waals surface area contributed by atoms with Crippen molar-refractivity contribution in [2.24, 2.45) is 0 Å². The van der Waals surface area contributed by atoms with E-state index in [1.807, 2.05) is 22.5 Å². The van der Waals surface area contributed by atoms with Crippen LogP contribution in [0.1, 0.15) is 17.7 Å². The molecule has 2 aliphatic rings. The Morgan fingerprint density at radius 1 is 1.38 bits per heavy atom. The highest BCUT2D eigenvalue weighted by Crippen LogP contribution is 2.35. The molecule has 2 aromatic heterocycles. The maximum Gasteiger partial charge on any atom is 0.160 e. The standard InChI is InChI=1S/C15H20N4OS/c1-11-8-16-19-13(7-12(2)17-14(11)19)18-4-5-20-15(9-18)3-6-21-10-15/h7-8H,3-6,9-10H2,1-2H3. The summed E-state index contributed by atoms with van der Waals surface area (Å²) in [7, 11) is 0. The first-order chi connectivity index (χ1) is 10.2. The summed E-state index contributed by atoms with van der Waals surface area (Å²) in [6.07, 6.45) is 3.05. The third kappa shape index (κ3) is 2.21. The normalized spacial score (nSPS) is 26.1. The Kier molecular flexibility index (Phi) is 3.11. The first kappa shape index (κ1) is 13.4. The maximum absolute atomic E-state index is 6.12. The minimum Gasteiger partial charge on any atom is -0.370 e. The van der Waals surface area contributed by atoms with Crippen molar-refractivity contribution in [1.29, 1.82) is 0 Å². The van der Waals surface area contributed by atoms with E-state index in [-0.39, 0.29) is 5.60 Å². The van der Waals surface area contributed by atoms with Crippen LogP contribution in [0.2, 0.25) is 0 Å². The second-order valence-corrected chi connectivity index (χ2v) is 7.18. The van der Waals surface area contributed by atoms with E-state index in [0.29, 0.717) is 0 Å². The molecule has 1 unspecified atom stereocenters. The van der Waals surface area contributed by atoms with Gasteiger partial charge in [0.1, 0.15) is 5.82 Å². The van der Waals surface area contributed by atoms with E-state index >= 15 is 0 Å². The highest BCUT2D eigenvalue weighted by Gasteiger charge is 2.40. The first-order valence-electron chi connectivity index (χ1n) is 7.46. The Balaban J connectivity index is 1.75. The van der Waals surface area contributed by atoms with Crippen molar-refractivity contribution < 1.29 is 4.74 Å². The van der Waals surface area contributed by atoms with Gasteiger partial charge in [0.15, 0.2) is 5.65 Å². The second kappa shape index (κ2) is 4.88. The molecule has 0 amide bonds. The molecule has 112 valence electrons. The van der Waals surface area contributed by atoms with Gasteiger partial charge in [-0.25, -0.2) is 4.98 Å². The van der Waals surface area contributed by atoms with Crippen LogP contribution in [0.4, 0.5) is 5.82 Å². The van der Waals surface area contributed by atoms with Crippen molar-refractivity contribution in [2.45, 2.75) is 25.9 Å². The molecule has 2 aliphatic heterocycles. The Hall–Kier alpha value is -1.27. The summed E-state index contributed by atoms with van der Waals surface area (Å²) in [5, 5.41) is 4.52. The van der Waals surface area contributed by atoms with Crippen LogP contribution in [-0.2, 0) is 4.74 Å². The van der Waals surface area contributed by atoms with E-state index < -0.39 is 0 Å². The van der Waals surface area contributed by atoms with Gasteiger partial charge in [0.05, 0.1) is 18.4 Å². The predicted molar refractivity (Wildman–Crippen MR) is 85.3 cm³/mol. The molecular formula is C15H20N4OS. The number of thioether (sulfide) groups is 1. The molecule has 0 bridgehead atoms. The van der Waals surface area contributed by atoms with E-state index in [1.165, 1.54) is 5.75 Å². The predicted octanol–water partition coefficient (Wildman–Crippen LogP) is 2.06. The number of anilines is 1. The van der Waals surface area contributed by atoms with Crippen LogP contribution in [0.5, 0.6) is 0 Å². The fourth-order valence-corrected chi connectivity index (χ4v) is 4.62. The van der Waals surface area contributed by atoms with Crippen LogP contribution < -0.4 is 4.90 Å². The maximum atomic E-state index is 6.12. The van der Waals surface area contributed by atoms with Crippen LogP contribution in [0.3, 0.4) is 0 Å². The third-order valence-electron chi connectivity index (χ3n) is 4.40. The highest BCUT2D eigenvalue weighted by molar-refractivity contribution is 7.99. The lowest BCUT2D eigenvalue weighted by Crippen LogP contribution is -2.52. The minimum absolute atomic E-state index is 0.0363. The summed E-state index contributed by atoms with van der Waals surface area (Å²) < 4.78 is 8.09. The topological polar surface area (TPSA) is 42.7 Å². The van der Waals surface area contributed by atoms with Crippen LogP contribution in [0.25, 0.3) is 5.65 Å². The van der Waals surface area contributed by atoms with Crippen LogP contribution in [-0.4, -0.2) is 51.4 Å². The van der Waals surface area contributed by atoms with Crippen molar-refractivity contribution in [3.63, 3.8) is 0 Å². The van der Waals surface area contributed by atoms with Crippen molar-refractivity contribution in [3.8, 4) is 0 Å². The summed E-state index contributed by atoms with van der Waals surface area (Å²) >= 11 is 2.00. The fraction of sp³-hybridized carbons (Fsp3) is 0.600. The molecule has 6 heteroatoms. The van der Waals surface area contributed by atoms with Gasteiger partial charge in [-0.3, -0.25) is 0 Å². The Morgan fingerprint density at radius 3 is 3.10 bits per heavy atom. The molecule has 4 rings (SSSR count). The van der Waals surface area contributed by atoms with Crippen molar-refractivity contribution in [1.82, 2.24) is 14.6 Å². The Bertz CT molecular complexity index is 678. The average molecular weight is 304 g/mol. The zero-order chi connectivity index (χ0) is 14.4. The molecule has 21 heavy (non-hydrogen) atoms. The number of aromatic nitrogens is 3. The number of nitrogens with zero attached hydrogens (tertiary/aromatic N) is 4. The molecule has 0 aliphatic carbocycles. The van der Waals surface area contributed by atoms with E-state index in [2.05, 4.69) is 34.9 Å². The summed E-state index contributed by atoms with van der Waals surface area (Å²) in [6.45, 7) is 6.79. The molecule has 2 aromatic rings. The van der Waals surface area contributed by atoms with Gasteiger partial charge in [0.25, 0.3) is 0 Å². The number of aryl methyl sites for hydroxylation is 2. The van der Waals surface area contributed by atoms with E-state index in [4.69, 9.17) is 4.74 Å². The number of morpholine rings is 1. The molecule has 5 nitrogen and oxygen atoms in total. The van der Waals surface area contributed by atoms with Crippen LogP contribution in [0, 0.1) is 13.8 Å². The lowest BCUT2D eigenvalue weighted by molar-refractivity contribution is -0.0359. The van der Waals surface area contributed by atoms with Gasteiger partial charge in [-0.1, -0.05) is 0 Å². The molecular weight excluding hydrogens is 284 g/mol.